The molecule has 0 radical (unpaired) electrons. The molecule has 1 heterocycles. The van der Waals surface area contributed by atoms with Gasteiger partial charge in [0, 0.05) is 0 Å². The Morgan fingerprint density at radius 3 is 2.56 bits per heavy atom. The number of aliphatic hydroxyl groups excluding tert-OH is 1. The molecule has 0 aromatic rings. The summed E-state index contributed by atoms with van der Waals surface area (Å²) in [6.07, 6.45) is 1.27. The quantitative estimate of drug-likeness (QED) is 0.561. The van der Waals surface area contributed by atoms with Gasteiger partial charge < -0.3 is 5.11 Å². The molecule has 0 aromatic carbocycles. The molecular weight excluding hydrogens is 132 g/mol. The first-order valence-electron chi connectivity index (χ1n) is 3.51. The third kappa shape index (κ3) is 1.62. The highest BCUT2D eigenvalue weighted by Gasteiger charge is 2.25. The van der Waals surface area contributed by atoms with Crippen molar-refractivity contribution in [2.75, 3.05) is 5.75 Å². The van der Waals surface area contributed by atoms with Gasteiger partial charge in [0.05, 0.1) is 0 Å². The predicted octanol–water partition coefficient (Wildman–Crippen LogP) is 1.71. The van der Waals surface area contributed by atoms with Crippen LogP contribution in [-0.2, 0) is 0 Å². The number of hydrogen-bond acceptors (Lipinski definition) is 2. The van der Waals surface area contributed by atoms with E-state index in [1.165, 1.54) is 6.42 Å². The van der Waals surface area contributed by atoms with E-state index in [9.17, 15) is 5.11 Å². The van der Waals surface area contributed by atoms with E-state index in [1.54, 1.807) is 11.8 Å². The highest BCUT2D eigenvalue weighted by atomic mass is 32.2. The van der Waals surface area contributed by atoms with Gasteiger partial charge >= 0.3 is 0 Å². The zero-order valence-electron chi connectivity index (χ0n) is 6.00. The standard InChI is InChI=1S/C7H14OS/c1-5-3-4-9-7(8)6(5)2/h5-8H,3-4H2,1-2H3/t5?,6-,7?/m1/s1. The minimum atomic E-state index is -0.103. The fraction of sp³-hybridized carbons (Fsp3) is 1.00. The van der Waals surface area contributed by atoms with Crippen LogP contribution in [0.15, 0.2) is 0 Å². The molecule has 1 aliphatic heterocycles. The molecule has 1 aliphatic rings. The lowest BCUT2D eigenvalue weighted by Gasteiger charge is -2.29. The zero-order chi connectivity index (χ0) is 6.85. The van der Waals surface area contributed by atoms with Gasteiger partial charge in [-0.2, -0.15) is 0 Å². The fourth-order valence-electron chi connectivity index (χ4n) is 1.07. The van der Waals surface area contributed by atoms with E-state index >= 15 is 0 Å². The van der Waals surface area contributed by atoms with Gasteiger partial charge in [-0.05, 0) is 24.0 Å². The van der Waals surface area contributed by atoms with E-state index in [-0.39, 0.29) is 5.44 Å². The van der Waals surface area contributed by atoms with Crippen LogP contribution in [0.1, 0.15) is 20.3 Å². The average molecular weight is 146 g/mol. The fourth-order valence-corrected chi connectivity index (χ4v) is 2.39. The molecule has 1 saturated heterocycles. The molecule has 2 unspecified atom stereocenters. The van der Waals surface area contributed by atoms with Gasteiger partial charge in [-0.1, -0.05) is 13.8 Å². The molecule has 9 heavy (non-hydrogen) atoms. The Labute approximate surface area is 60.8 Å². The molecule has 0 amide bonds. The second-order valence-corrected chi connectivity index (χ2v) is 4.11. The Bertz CT molecular complexity index is 84.9. The largest absolute Gasteiger partial charge is 0.382 e. The van der Waals surface area contributed by atoms with Crippen LogP contribution in [0.25, 0.3) is 0 Å². The maximum atomic E-state index is 9.31. The number of hydrogen-bond donors (Lipinski definition) is 1. The summed E-state index contributed by atoms with van der Waals surface area (Å²) in [5.74, 6) is 2.33. The molecule has 1 fully saturated rings. The van der Waals surface area contributed by atoms with Crippen molar-refractivity contribution in [3.63, 3.8) is 0 Å². The van der Waals surface area contributed by atoms with Gasteiger partial charge in [0.15, 0.2) is 0 Å². The Hall–Kier alpha value is 0.310. The Morgan fingerprint density at radius 1 is 1.44 bits per heavy atom. The van der Waals surface area contributed by atoms with Crippen molar-refractivity contribution in [3.05, 3.63) is 0 Å². The van der Waals surface area contributed by atoms with E-state index in [2.05, 4.69) is 13.8 Å². The molecule has 1 nitrogen and oxygen atoms in total. The normalized spacial score (nSPS) is 45.0. The first kappa shape index (κ1) is 7.42. The third-order valence-corrected chi connectivity index (χ3v) is 3.45. The van der Waals surface area contributed by atoms with E-state index in [0.29, 0.717) is 11.8 Å². The summed E-state index contributed by atoms with van der Waals surface area (Å²) in [4.78, 5) is 0. The second-order valence-electron chi connectivity index (χ2n) is 2.89. The van der Waals surface area contributed by atoms with Gasteiger partial charge in [0.2, 0.25) is 0 Å². The highest BCUT2D eigenvalue weighted by Crippen LogP contribution is 2.32. The molecule has 2 heteroatoms. The predicted molar refractivity (Wildman–Crippen MR) is 41.4 cm³/mol. The van der Waals surface area contributed by atoms with Crippen molar-refractivity contribution in [1.82, 2.24) is 0 Å². The highest BCUT2D eigenvalue weighted by molar-refractivity contribution is 7.99. The summed E-state index contributed by atoms with van der Waals surface area (Å²) in [5, 5.41) is 9.31. The van der Waals surface area contributed by atoms with Crippen molar-refractivity contribution in [2.45, 2.75) is 25.7 Å². The van der Waals surface area contributed by atoms with E-state index < -0.39 is 0 Å². The van der Waals surface area contributed by atoms with Gasteiger partial charge in [0.25, 0.3) is 0 Å². The monoisotopic (exact) mass is 146 g/mol. The Morgan fingerprint density at radius 2 is 2.11 bits per heavy atom. The van der Waals surface area contributed by atoms with Crippen LogP contribution < -0.4 is 0 Å². The van der Waals surface area contributed by atoms with Crippen LogP contribution in [0.4, 0.5) is 0 Å². The van der Waals surface area contributed by atoms with Crippen LogP contribution in [-0.4, -0.2) is 16.3 Å². The first-order valence-corrected chi connectivity index (χ1v) is 4.56. The Balaban J connectivity index is 2.41. The van der Waals surface area contributed by atoms with E-state index in [0.717, 1.165) is 5.75 Å². The number of rotatable bonds is 0. The average Bonchev–Trinajstić information content (AvgIpc) is 1.83. The molecule has 0 aliphatic carbocycles. The SMILES string of the molecule is CC1CCSC(O)[C@@H]1C. The lowest BCUT2D eigenvalue weighted by molar-refractivity contribution is 0.154. The molecule has 0 aromatic heterocycles. The molecule has 0 bridgehead atoms. The molecular formula is C7H14OS. The zero-order valence-corrected chi connectivity index (χ0v) is 6.82. The minimum Gasteiger partial charge on any atom is -0.382 e. The van der Waals surface area contributed by atoms with Crippen molar-refractivity contribution in [1.29, 1.82) is 0 Å². The maximum absolute atomic E-state index is 9.31. The van der Waals surface area contributed by atoms with Gasteiger partial charge in [-0.15, -0.1) is 11.8 Å². The van der Waals surface area contributed by atoms with Crippen molar-refractivity contribution >= 4 is 11.8 Å². The summed E-state index contributed by atoms with van der Waals surface area (Å²) in [5.41, 5.74) is -0.103. The molecule has 3 atom stereocenters. The van der Waals surface area contributed by atoms with Gasteiger partial charge in [-0.25, -0.2) is 0 Å². The smallest absolute Gasteiger partial charge is 0.102 e. The molecule has 54 valence electrons. The summed E-state index contributed by atoms with van der Waals surface area (Å²) in [6, 6.07) is 0. The van der Waals surface area contributed by atoms with Gasteiger partial charge in [-0.3, -0.25) is 0 Å². The summed E-state index contributed by atoms with van der Waals surface area (Å²) >= 11 is 1.69. The van der Waals surface area contributed by atoms with Crippen LogP contribution in [0, 0.1) is 11.8 Å². The van der Waals surface area contributed by atoms with Crippen LogP contribution in [0.5, 0.6) is 0 Å². The summed E-state index contributed by atoms with van der Waals surface area (Å²) in [7, 11) is 0. The van der Waals surface area contributed by atoms with Crippen molar-refractivity contribution in [3.8, 4) is 0 Å². The lowest BCUT2D eigenvalue weighted by Crippen LogP contribution is -2.26. The summed E-state index contributed by atoms with van der Waals surface area (Å²) in [6.45, 7) is 4.34. The number of thioether (sulfide) groups is 1. The molecule has 1 rings (SSSR count). The first-order chi connectivity index (χ1) is 4.22. The minimum absolute atomic E-state index is 0.103. The Kier molecular flexibility index (Phi) is 2.42. The van der Waals surface area contributed by atoms with Crippen molar-refractivity contribution in [2.24, 2.45) is 11.8 Å². The topological polar surface area (TPSA) is 20.2 Å². The van der Waals surface area contributed by atoms with Crippen LogP contribution in [0.2, 0.25) is 0 Å². The third-order valence-electron chi connectivity index (χ3n) is 2.21. The van der Waals surface area contributed by atoms with Crippen molar-refractivity contribution < 1.29 is 5.11 Å². The lowest BCUT2D eigenvalue weighted by atomic mass is 9.94. The second kappa shape index (κ2) is 2.93. The maximum Gasteiger partial charge on any atom is 0.102 e. The molecule has 0 saturated carbocycles. The van der Waals surface area contributed by atoms with Gasteiger partial charge in [0.1, 0.15) is 5.44 Å². The summed E-state index contributed by atoms with van der Waals surface area (Å²) < 4.78 is 0. The molecule has 0 spiro atoms. The van der Waals surface area contributed by atoms with Crippen LogP contribution in [0.3, 0.4) is 0 Å². The van der Waals surface area contributed by atoms with E-state index in [1.807, 2.05) is 0 Å². The van der Waals surface area contributed by atoms with Crippen LogP contribution >= 0.6 is 11.8 Å². The molecule has 1 N–H and O–H groups in total. The number of aliphatic hydroxyl groups is 1. The van der Waals surface area contributed by atoms with E-state index in [4.69, 9.17) is 0 Å².